The normalized spacial score (nSPS) is 10.7. The summed E-state index contributed by atoms with van der Waals surface area (Å²) in [5, 5.41) is 8.59. The van der Waals surface area contributed by atoms with Crippen LogP contribution in [0.3, 0.4) is 0 Å². The van der Waals surface area contributed by atoms with Gasteiger partial charge in [-0.3, -0.25) is 0 Å². The van der Waals surface area contributed by atoms with Gasteiger partial charge in [0.25, 0.3) is 6.43 Å². The van der Waals surface area contributed by atoms with Gasteiger partial charge in [0, 0.05) is 0 Å². The van der Waals surface area contributed by atoms with Crippen LogP contribution in [-0.4, -0.2) is 10.1 Å². The molecule has 3 nitrogen and oxygen atoms in total. The first-order chi connectivity index (χ1) is 5.65. The average Bonchev–Trinajstić information content (AvgIpc) is 2.05. The van der Waals surface area contributed by atoms with Crippen LogP contribution in [0.4, 0.5) is 14.5 Å². The van der Waals surface area contributed by atoms with E-state index in [0.717, 1.165) is 0 Å². The summed E-state index contributed by atoms with van der Waals surface area (Å²) in [5.41, 5.74) is 4.89. The summed E-state index contributed by atoms with van der Waals surface area (Å²) < 4.78 is 24.2. The standard InChI is InChI=1S/C7H8F2N2O/c8-7(9)6-5(10)2-1-4(3-12)11-6/h1-2,7,12H,3,10H2. The first-order valence-corrected chi connectivity index (χ1v) is 3.29. The van der Waals surface area contributed by atoms with E-state index in [-0.39, 0.29) is 18.0 Å². The third-order valence-corrected chi connectivity index (χ3v) is 1.38. The van der Waals surface area contributed by atoms with Gasteiger partial charge >= 0.3 is 0 Å². The van der Waals surface area contributed by atoms with E-state index < -0.39 is 12.1 Å². The van der Waals surface area contributed by atoms with Crippen LogP contribution in [0.15, 0.2) is 12.1 Å². The molecule has 0 aliphatic heterocycles. The lowest BCUT2D eigenvalue weighted by molar-refractivity contribution is 0.146. The van der Waals surface area contributed by atoms with E-state index >= 15 is 0 Å². The molecule has 0 saturated carbocycles. The number of hydrogen-bond donors (Lipinski definition) is 2. The van der Waals surface area contributed by atoms with Crippen LogP contribution >= 0.6 is 0 Å². The molecule has 66 valence electrons. The molecular weight excluding hydrogens is 166 g/mol. The quantitative estimate of drug-likeness (QED) is 0.705. The van der Waals surface area contributed by atoms with E-state index in [2.05, 4.69) is 4.98 Å². The lowest BCUT2D eigenvalue weighted by Gasteiger charge is -2.04. The maximum Gasteiger partial charge on any atom is 0.282 e. The van der Waals surface area contributed by atoms with Gasteiger partial charge < -0.3 is 10.8 Å². The summed E-state index contributed by atoms with van der Waals surface area (Å²) in [6.45, 7) is -0.361. The molecule has 1 aromatic heterocycles. The molecule has 0 unspecified atom stereocenters. The monoisotopic (exact) mass is 174 g/mol. The van der Waals surface area contributed by atoms with Crippen molar-refractivity contribution in [1.29, 1.82) is 0 Å². The van der Waals surface area contributed by atoms with E-state index in [1.807, 2.05) is 0 Å². The Balaban J connectivity index is 3.08. The minimum Gasteiger partial charge on any atom is -0.397 e. The Morgan fingerprint density at radius 1 is 1.50 bits per heavy atom. The molecule has 0 bridgehead atoms. The van der Waals surface area contributed by atoms with Gasteiger partial charge in [-0.1, -0.05) is 0 Å². The highest BCUT2D eigenvalue weighted by atomic mass is 19.3. The van der Waals surface area contributed by atoms with Gasteiger partial charge in [-0.05, 0) is 12.1 Å². The first-order valence-electron chi connectivity index (χ1n) is 3.29. The van der Waals surface area contributed by atoms with Crippen molar-refractivity contribution in [2.45, 2.75) is 13.0 Å². The molecule has 0 aliphatic rings. The Bertz CT molecular complexity index is 278. The number of aliphatic hydroxyl groups is 1. The number of halogens is 2. The predicted octanol–water partition coefficient (Wildman–Crippen LogP) is 1.09. The fraction of sp³-hybridized carbons (Fsp3) is 0.286. The average molecular weight is 174 g/mol. The maximum atomic E-state index is 12.1. The zero-order valence-corrected chi connectivity index (χ0v) is 6.17. The summed E-state index contributed by atoms with van der Waals surface area (Å²) in [6, 6.07) is 2.71. The fourth-order valence-corrected chi connectivity index (χ4v) is 0.791. The molecule has 5 heteroatoms. The number of rotatable bonds is 2. The van der Waals surface area contributed by atoms with Crippen LogP contribution in [0.5, 0.6) is 0 Å². The van der Waals surface area contributed by atoms with Crippen LogP contribution in [0.25, 0.3) is 0 Å². The van der Waals surface area contributed by atoms with Gasteiger partial charge in [-0.25, -0.2) is 13.8 Å². The summed E-state index contributed by atoms with van der Waals surface area (Å²) in [4.78, 5) is 3.47. The number of nitrogens with zero attached hydrogens (tertiary/aromatic N) is 1. The fourth-order valence-electron chi connectivity index (χ4n) is 0.791. The van der Waals surface area contributed by atoms with Crippen molar-refractivity contribution in [2.24, 2.45) is 0 Å². The SMILES string of the molecule is Nc1ccc(CO)nc1C(F)F. The zero-order chi connectivity index (χ0) is 9.14. The topological polar surface area (TPSA) is 59.1 Å². The number of pyridine rings is 1. The highest BCUT2D eigenvalue weighted by Gasteiger charge is 2.13. The first kappa shape index (κ1) is 8.86. The van der Waals surface area contributed by atoms with Crippen LogP contribution < -0.4 is 5.73 Å². The minimum atomic E-state index is -2.70. The Labute approximate surface area is 67.8 Å². The predicted molar refractivity (Wildman–Crippen MR) is 39.5 cm³/mol. The van der Waals surface area contributed by atoms with E-state index in [0.29, 0.717) is 0 Å². The van der Waals surface area contributed by atoms with Gasteiger partial charge in [0.15, 0.2) is 0 Å². The van der Waals surface area contributed by atoms with Gasteiger partial charge in [0.1, 0.15) is 5.69 Å². The Hall–Kier alpha value is -1.23. The zero-order valence-electron chi connectivity index (χ0n) is 6.17. The van der Waals surface area contributed by atoms with E-state index in [1.165, 1.54) is 12.1 Å². The molecule has 0 aromatic carbocycles. The third kappa shape index (κ3) is 1.68. The lowest BCUT2D eigenvalue weighted by Crippen LogP contribution is -2.01. The summed E-state index contributed by atoms with van der Waals surface area (Å²) in [5.74, 6) is 0. The van der Waals surface area contributed by atoms with Crippen molar-refractivity contribution >= 4 is 5.69 Å². The minimum absolute atomic E-state index is 0.0535. The molecular formula is C7H8F2N2O. The summed E-state index contributed by atoms with van der Waals surface area (Å²) >= 11 is 0. The van der Waals surface area contributed by atoms with Gasteiger partial charge in [0.05, 0.1) is 18.0 Å². The molecule has 1 rings (SSSR count). The Kier molecular flexibility index (Phi) is 2.54. The summed E-state index contributed by atoms with van der Waals surface area (Å²) in [7, 11) is 0. The number of alkyl halides is 2. The number of nitrogens with two attached hydrogens (primary N) is 1. The largest absolute Gasteiger partial charge is 0.397 e. The molecule has 0 amide bonds. The smallest absolute Gasteiger partial charge is 0.282 e. The highest BCUT2D eigenvalue weighted by molar-refractivity contribution is 5.43. The van der Waals surface area contributed by atoms with Crippen LogP contribution in [0.1, 0.15) is 17.8 Å². The summed E-state index contributed by atoms with van der Waals surface area (Å²) in [6.07, 6.45) is -2.70. The molecule has 0 spiro atoms. The van der Waals surface area contributed by atoms with Crippen molar-refractivity contribution in [1.82, 2.24) is 4.98 Å². The van der Waals surface area contributed by atoms with Gasteiger partial charge in [-0.15, -0.1) is 0 Å². The molecule has 0 radical (unpaired) electrons. The lowest BCUT2D eigenvalue weighted by atomic mass is 10.2. The Morgan fingerprint density at radius 2 is 2.17 bits per heavy atom. The van der Waals surface area contributed by atoms with Gasteiger partial charge in [-0.2, -0.15) is 0 Å². The molecule has 12 heavy (non-hydrogen) atoms. The maximum absolute atomic E-state index is 12.1. The highest BCUT2D eigenvalue weighted by Crippen LogP contribution is 2.22. The second kappa shape index (κ2) is 3.44. The molecule has 0 aliphatic carbocycles. The number of anilines is 1. The van der Waals surface area contributed by atoms with E-state index in [4.69, 9.17) is 10.8 Å². The number of aliphatic hydroxyl groups excluding tert-OH is 1. The van der Waals surface area contributed by atoms with Crippen LogP contribution in [-0.2, 0) is 6.61 Å². The number of hydrogen-bond acceptors (Lipinski definition) is 3. The molecule has 0 atom stereocenters. The Morgan fingerprint density at radius 3 is 2.67 bits per heavy atom. The number of aromatic nitrogens is 1. The second-order valence-electron chi connectivity index (χ2n) is 2.24. The van der Waals surface area contributed by atoms with Crippen molar-refractivity contribution in [3.63, 3.8) is 0 Å². The molecule has 3 N–H and O–H groups in total. The van der Waals surface area contributed by atoms with Crippen LogP contribution in [0.2, 0.25) is 0 Å². The number of nitrogen functional groups attached to an aromatic ring is 1. The van der Waals surface area contributed by atoms with E-state index in [9.17, 15) is 8.78 Å². The van der Waals surface area contributed by atoms with Crippen molar-refractivity contribution in [3.05, 3.63) is 23.5 Å². The second-order valence-corrected chi connectivity index (χ2v) is 2.24. The van der Waals surface area contributed by atoms with Crippen molar-refractivity contribution < 1.29 is 13.9 Å². The van der Waals surface area contributed by atoms with Crippen LogP contribution in [0, 0.1) is 0 Å². The molecule has 0 fully saturated rings. The van der Waals surface area contributed by atoms with Crippen molar-refractivity contribution in [3.8, 4) is 0 Å². The molecule has 0 saturated heterocycles. The molecule has 1 heterocycles. The third-order valence-electron chi connectivity index (χ3n) is 1.38. The van der Waals surface area contributed by atoms with Crippen molar-refractivity contribution in [2.75, 3.05) is 5.73 Å². The van der Waals surface area contributed by atoms with E-state index in [1.54, 1.807) is 0 Å². The van der Waals surface area contributed by atoms with Gasteiger partial charge in [0.2, 0.25) is 0 Å². The molecule has 1 aromatic rings.